The zero-order chi connectivity index (χ0) is 8.43. The monoisotopic (exact) mass is 170 g/mol. The summed E-state index contributed by atoms with van der Waals surface area (Å²) in [5, 5.41) is 0. The molecular formula is C7H7FN2S. The first-order valence-corrected chi connectivity index (χ1v) is 3.37. The van der Waals surface area contributed by atoms with Crippen LogP contribution in [0.4, 0.5) is 10.1 Å². The summed E-state index contributed by atoms with van der Waals surface area (Å²) in [6, 6.07) is 4.24. The first-order valence-electron chi connectivity index (χ1n) is 2.96. The molecule has 0 heterocycles. The largest absolute Gasteiger partial charge is 0.396 e. The molecule has 0 aliphatic rings. The van der Waals surface area contributed by atoms with Crippen LogP contribution in [-0.4, -0.2) is 4.99 Å². The van der Waals surface area contributed by atoms with E-state index in [-0.39, 0.29) is 10.7 Å². The van der Waals surface area contributed by atoms with Crippen molar-refractivity contribution in [1.29, 1.82) is 0 Å². The highest BCUT2D eigenvalue weighted by atomic mass is 32.1. The van der Waals surface area contributed by atoms with Crippen LogP contribution in [0.1, 0.15) is 5.56 Å². The molecule has 0 aromatic heterocycles. The third-order valence-electron chi connectivity index (χ3n) is 1.28. The lowest BCUT2D eigenvalue weighted by atomic mass is 10.2. The number of halogens is 1. The third-order valence-corrected chi connectivity index (χ3v) is 1.52. The lowest BCUT2D eigenvalue weighted by Crippen LogP contribution is -2.09. The maximum atomic E-state index is 12.7. The van der Waals surface area contributed by atoms with Crippen molar-refractivity contribution in [2.75, 3.05) is 5.73 Å². The molecule has 0 spiro atoms. The van der Waals surface area contributed by atoms with E-state index < -0.39 is 5.82 Å². The maximum absolute atomic E-state index is 12.7. The van der Waals surface area contributed by atoms with Gasteiger partial charge in [-0.1, -0.05) is 12.2 Å². The Morgan fingerprint density at radius 1 is 1.45 bits per heavy atom. The van der Waals surface area contributed by atoms with Gasteiger partial charge in [0, 0.05) is 5.56 Å². The van der Waals surface area contributed by atoms with Crippen molar-refractivity contribution in [1.82, 2.24) is 0 Å². The fourth-order valence-electron chi connectivity index (χ4n) is 0.680. The molecule has 0 saturated carbocycles. The molecule has 2 nitrogen and oxygen atoms in total. The molecule has 0 unspecified atom stereocenters. The van der Waals surface area contributed by atoms with E-state index in [0.29, 0.717) is 5.56 Å². The fraction of sp³-hybridized carbons (Fsp3) is 0. The smallest absolute Gasteiger partial charge is 0.146 e. The van der Waals surface area contributed by atoms with Crippen LogP contribution < -0.4 is 11.5 Å². The van der Waals surface area contributed by atoms with Gasteiger partial charge in [-0.2, -0.15) is 0 Å². The minimum Gasteiger partial charge on any atom is -0.396 e. The van der Waals surface area contributed by atoms with Gasteiger partial charge < -0.3 is 11.5 Å². The Kier molecular flexibility index (Phi) is 2.05. The highest BCUT2D eigenvalue weighted by Gasteiger charge is 2.00. The summed E-state index contributed by atoms with van der Waals surface area (Å²) >= 11 is 4.64. The van der Waals surface area contributed by atoms with E-state index in [9.17, 15) is 4.39 Å². The predicted octanol–water partition coefficient (Wildman–Crippen LogP) is 1.04. The first kappa shape index (κ1) is 7.94. The van der Waals surface area contributed by atoms with Gasteiger partial charge in [0.2, 0.25) is 0 Å². The fourth-order valence-corrected chi connectivity index (χ4v) is 0.807. The normalized spacial score (nSPS) is 9.55. The molecule has 0 bridgehead atoms. The van der Waals surface area contributed by atoms with Crippen molar-refractivity contribution in [3.63, 3.8) is 0 Å². The highest BCUT2D eigenvalue weighted by molar-refractivity contribution is 7.80. The highest BCUT2D eigenvalue weighted by Crippen LogP contribution is 2.11. The van der Waals surface area contributed by atoms with Gasteiger partial charge in [-0.3, -0.25) is 0 Å². The molecule has 4 N–H and O–H groups in total. The van der Waals surface area contributed by atoms with Crippen molar-refractivity contribution in [3.05, 3.63) is 29.6 Å². The Morgan fingerprint density at radius 2 is 2.09 bits per heavy atom. The lowest BCUT2D eigenvalue weighted by molar-refractivity contribution is 0.632. The number of thiocarbonyl (C=S) groups is 1. The molecule has 1 aromatic carbocycles. The Bertz CT molecular complexity index is 298. The molecule has 1 rings (SSSR count). The average molecular weight is 170 g/mol. The summed E-state index contributed by atoms with van der Waals surface area (Å²) in [6.45, 7) is 0. The van der Waals surface area contributed by atoms with Crippen LogP contribution >= 0.6 is 12.2 Å². The lowest BCUT2D eigenvalue weighted by Gasteiger charge is -1.99. The molecule has 0 saturated heterocycles. The maximum Gasteiger partial charge on any atom is 0.146 e. The molecule has 0 amide bonds. The Labute approximate surface area is 69.0 Å². The Balaban J connectivity index is 3.15. The van der Waals surface area contributed by atoms with Gasteiger partial charge in [0.25, 0.3) is 0 Å². The van der Waals surface area contributed by atoms with E-state index in [0.717, 1.165) is 0 Å². The standard InChI is InChI=1S/C7H7FN2S/c8-5-3-4(7(10)11)1-2-6(5)9/h1-3H,9H2,(H2,10,11). The number of nitrogens with two attached hydrogens (primary N) is 2. The van der Waals surface area contributed by atoms with Crippen LogP contribution in [0.2, 0.25) is 0 Å². The first-order chi connectivity index (χ1) is 5.11. The van der Waals surface area contributed by atoms with Gasteiger partial charge in [0.05, 0.1) is 5.69 Å². The minimum atomic E-state index is -0.490. The summed E-state index contributed by atoms with van der Waals surface area (Å²) < 4.78 is 12.7. The molecule has 58 valence electrons. The number of rotatable bonds is 1. The van der Waals surface area contributed by atoms with Crippen LogP contribution in [-0.2, 0) is 0 Å². The van der Waals surface area contributed by atoms with Gasteiger partial charge in [-0.05, 0) is 18.2 Å². The number of nitrogen functional groups attached to an aromatic ring is 1. The molecule has 0 radical (unpaired) electrons. The van der Waals surface area contributed by atoms with E-state index >= 15 is 0 Å². The molecule has 1 aromatic rings. The van der Waals surface area contributed by atoms with Crippen molar-refractivity contribution >= 4 is 22.9 Å². The quantitative estimate of drug-likeness (QED) is 0.489. The number of hydrogen-bond acceptors (Lipinski definition) is 2. The summed E-state index contributed by atoms with van der Waals surface area (Å²) in [5.41, 5.74) is 11.1. The topological polar surface area (TPSA) is 52.0 Å². The van der Waals surface area contributed by atoms with Crippen molar-refractivity contribution < 1.29 is 4.39 Å². The second-order valence-electron chi connectivity index (χ2n) is 2.10. The SMILES string of the molecule is NC(=S)c1ccc(N)c(F)c1. The zero-order valence-corrected chi connectivity index (χ0v) is 6.49. The van der Waals surface area contributed by atoms with E-state index in [1.807, 2.05) is 0 Å². The van der Waals surface area contributed by atoms with Gasteiger partial charge >= 0.3 is 0 Å². The molecule has 0 atom stereocenters. The van der Waals surface area contributed by atoms with Crippen LogP contribution in [0.5, 0.6) is 0 Å². The zero-order valence-electron chi connectivity index (χ0n) is 5.67. The molecule has 4 heteroatoms. The summed E-state index contributed by atoms with van der Waals surface area (Å²) in [7, 11) is 0. The molecular weight excluding hydrogens is 163 g/mol. The molecule has 11 heavy (non-hydrogen) atoms. The van der Waals surface area contributed by atoms with Crippen LogP contribution in [0.25, 0.3) is 0 Å². The van der Waals surface area contributed by atoms with Crippen molar-refractivity contribution in [2.24, 2.45) is 5.73 Å². The number of hydrogen-bond donors (Lipinski definition) is 2. The van der Waals surface area contributed by atoms with Crippen LogP contribution in [0.3, 0.4) is 0 Å². The molecule has 0 aliphatic carbocycles. The van der Waals surface area contributed by atoms with Crippen molar-refractivity contribution in [2.45, 2.75) is 0 Å². The third kappa shape index (κ3) is 1.65. The van der Waals surface area contributed by atoms with Gasteiger partial charge in [-0.15, -0.1) is 0 Å². The van der Waals surface area contributed by atoms with Crippen molar-refractivity contribution in [3.8, 4) is 0 Å². The van der Waals surface area contributed by atoms with Gasteiger partial charge in [0.1, 0.15) is 10.8 Å². The minimum absolute atomic E-state index is 0.102. The van der Waals surface area contributed by atoms with Gasteiger partial charge in [-0.25, -0.2) is 4.39 Å². The Morgan fingerprint density at radius 3 is 2.55 bits per heavy atom. The summed E-state index contributed by atoms with van der Waals surface area (Å²) in [4.78, 5) is 0.170. The summed E-state index contributed by atoms with van der Waals surface area (Å²) in [6.07, 6.45) is 0. The average Bonchev–Trinajstić information content (AvgIpc) is 1.94. The van der Waals surface area contributed by atoms with Crippen LogP contribution in [0.15, 0.2) is 18.2 Å². The van der Waals surface area contributed by atoms with Gasteiger partial charge in [0.15, 0.2) is 0 Å². The Hall–Kier alpha value is -1.16. The second-order valence-corrected chi connectivity index (χ2v) is 2.54. The molecule has 0 aliphatic heterocycles. The van der Waals surface area contributed by atoms with E-state index in [1.165, 1.54) is 12.1 Å². The van der Waals surface area contributed by atoms with E-state index in [1.54, 1.807) is 6.07 Å². The van der Waals surface area contributed by atoms with Crippen LogP contribution in [0, 0.1) is 5.82 Å². The van der Waals surface area contributed by atoms with E-state index in [2.05, 4.69) is 12.2 Å². The summed E-state index contributed by atoms with van der Waals surface area (Å²) in [5.74, 6) is -0.490. The number of benzene rings is 1. The molecule has 0 fully saturated rings. The predicted molar refractivity (Wildman–Crippen MR) is 46.7 cm³/mol. The van der Waals surface area contributed by atoms with E-state index in [4.69, 9.17) is 11.5 Å². The number of anilines is 1. The second kappa shape index (κ2) is 2.84.